The van der Waals surface area contributed by atoms with Gasteiger partial charge in [-0.2, -0.15) is 0 Å². The zero-order chi connectivity index (χ0) is 13.2. The molecule has 3 rings (SSSR count). The van der Waals surface area contributed by atoms with Gasteiger partial charge in [-0.25, -0.2) is 0 Å². The molecule has 2 heterocycles. The molecule has 100 valence electrons. The minimum atomic E-state index is 0.0447. The summed E-state index contributed by atoms with van der Waals surface area (Å²) < 4.78 is 10.8. The monoisotopic (exact) mass is 257 g/mol. The molecule has 1 atom stereocenters. The van der Waals surface area contributed by atoms with Crippen LogP contribution in [-0.4, -0.2) is 6.61 Å². The van der Waals surface area contributed by atoms with Crippen molar-refractivity contribution >= 4 is 0 Å². The average molecular weight is 257 g/mol. The molecule has 0 bridgehead atoms. The Morgan fingerprint density at radius 1 is 1.32 bits per heavy atom. The molecule has 1 aromatic heterocycles. The van der Waals surface area contributed by atoms with E-state index in [1.807, 2.05) is 13.0 Å². The van der Waals surface area contributed by atoms with Crippen LogP contribution in [0.15, 0.2) is 34.9 Å². The number of rotatable bonds is 4. The van der Waals surface area contributed by atoms with Crippen LogP contribution in [0.2, 0.25) is 0 Å². The maximum Gasteiger partial charge on any atom is 0.122 e. The fourth-order valence-corrected chi connectivity index (χ4v) is 2.65. The van der Waals surface area contributed by atoms with E-state index in [4.69, 9.17) is 14.9 Å². The Balaban J connectivity index is 1.65. The smallest absolute Gasteiger partial charge is 0.122 e. The number of nitrogens with two attached hydrogens (primary N) is 1. The molecule has 1 unspecified atom stereocenters. The number of benzene rings is 1. The van der Waals surface area contributed by atoms with Crippen LogP contribution in [0, 0.1) is 6.92 Å². The van der Waals surface area contributed by atoms with Crippen molar-refractivity contribution in [3.8, 4) is 5.75 Å². The first-order chi connectivity index (χ1) is 9.24. The molecule has 19 heavy (non-hydrogen) atoms. The Kier molecular flexibility index (Phi) is 3.30. The molecule has 2 N–H and O–H groups in total. The minimum Gasteiger partial charge on any atom is -0.493 e. The van der Waals surface area contributed by atoms with Gasteiger partial charge < -0.3 is 14.9 Å². The van der Waals surface area contributed by atoms with Crippen molar-refractivity contribution in [2.45, 2.75) is 32.2 Å². The molecule has 3 heteroatoms. The summed E-state index contributed by atoms with van der Waals surface area (Å²) in [5, 5.41) is 0. The maximum absolute atomic E-state index is 6.22. The van der Waals surface area contributed by atoms with Crippen molar-refractivity contribution in [3.63, 3.8) is 0 Å². The second-order valence-corrected chi connectivity index (χ2v) is 5.12. The van der Waals surface area contributed by atoms with E-state index in [0.717, 1.165) is 42.9 Å². The molecule has 2 aromatic rings. The summed E-state index contributed by atoms with van der Waals surface area (Å²) in [5.41, 5.74) is 9.99. The predicted molar refractivity (Wildman–Crippen MR) is 74.3 cm³/mol. The van der Waals surface area contributed by atoms with Crippen LogP contribution in [-0.2, 0) is 12.8 Å². The lowest BCUT2D eigenvalue weighted by Crippen LogP contribution is -2.11. The fraction of sp³-hybridized carbons (Fsp3) is 0.375. The Hall–Kier alpha value is -1.74. The Bertz CT molecular complexity index is 574. The van der Waals surface area contributed by atoms with E-state index in [-0.39, 0.29) is 6.04 Å². The van der Waals surface area contributed by atoms with Gasteiger partial charge >= 0.3 is 0 Å². The molecule has 1 aromatic carbocycles. The van der Waals surface area contributed by atoms with E-state index < -0.39 is 0 Å². The average Bonchev–Trinajstić information content (AvgIpc) is 3.03. The summed E-state index contributed by atoms with van der Waals surface area (Å²) in [7, 11) is 0. The van der Waals surface area contributed by atoms with Crippen LogP contribution >= 0.6 is 0 Å². The molecule has 0 amide bonds. The second kappa shape index (κ2) is 5.10. The van der Waals surface area contributed by atoms with Crippen molar-refractivity contribution in [3.05, 3.63) is 53.0 Å². The van der Waals surface area contributed by atoms with Gasteiger partial charge in [0.2, 0.25) is 0 Å². The Morgan fingerprint density at radius 2 is 2.21 bits per heavy atom. The van der Waals surface area contributed by atoms with Gasteiger partial charge in [0.05, 0.1) is 12.9 Å². The number of aryl methyl sites for hydroxylation is 2. The van der Waals surface area contributed by atoms with Crippen molar-refractivity contribution in [1.29, 1.82) is 0 Å². The lowest BCUT2D eigenvalue weighted by molar-refractivity contribution is 0.357. The lowest BCUT2D eigenvalue weighted by Gasteiger charge is -2.11. The van der Waals surface area contributed by atoms with E-state index in [0.29, 0.717) is 0 Å². The minimum absolute atomic E-state index is 0.0447. The van der Waals surface area contributed by atoms with Crippen molar-refractivity contribution in [2.24, 2.45) is 5.73 Å². The molecular weight excluding hydrogens is 238 g/mol. The molecule has 1 aliphatic rings. The summed E-state index contributed by atoms with van der Waals surface area (Å²) in [6.07, 6.45) is 4.65. The third-order valence-electron chi connectivity index (χ3n) is 3.80. The van der Waals surface area contributed by atoms with E-state index >= 15 is 0 Å². The van der Waals surface area contributed by atoms with Gasteiger partial charge in [-0.1, -0.05) is 12.1 Å². The van der Waals surface area contributed by atoms with Gasteiger partial charge in [0, 0.05) is 18.0 Å². The highest BCUT2D eigenvalue weighted by atomic mass is 16.5. The van der Waals surface area contributed by atoms with Crippen LogP contribution in [0.1, 0.15) is 34.9 Å². The van der Waals surface area contributed by atoms with Crippen LogP contribution in [0.25, 0.3) is 0 Å². The van der Waals surface area contributed by atoms with Crippen molar-refractivity contribution < 1.29 is 9.15 Å². The number of hydrogen-bond acceptors (Lipinski definition) is 3. The lowest BCUT2D eigenvalue weighted by atomic mass is 9.99. The van der Waals surface area contributed by atoms with Gasteiger partial charge in [-0.3, -0.25) is 0 Å². The van der Waals surface area contributed by atoms with Crippen molar-refractivity contribution in [2.75, 3.05) is 6.61 Å². The summed E-state index contributed by atoms with van der Waals surface area (Å²) in [6.45, 7) is 2.77. The zero-order valence-corrected chi connectivity index (χ0v) is 11.2. The summed E-state index contributed by atoms with van der Waals surface area (Å²) in [6, 6.07) is 8.47. The van der Waals surface area contributed by atoms with Crippen LogP contribution in [0.4, 0.5) is 0 Å². The molecule has 0 fully saturated rings. The number of furan rings is 1. The predicted octanol–water partition coefficient (Wildman–Crippen LogP) is 3.16. The first-order valence-corrected chi connectivity index (χ1v) is 6.78. The van der Waals surface area contributed by atoms with E-state index in [9.17, 15) is 0 Å². The van der Waals surface area contributed by atoms with Gasteiger partial charge in [0.25, 0.3) is 0 Å². The Labute approximate surface area is 113 Å². The highest BCUT2D eigenvalue weighted by Crippen LogP contribution is 2.27. The van der Waals surface area contributed by atoms with Crippen LogP contribution in [0.3, 0.4) is 0 Å². The van der Waals surface area contributed by atoms with Crippen molar-refractivity contribution in [1.82, 2.24) is 0 Å². The van der Waals surface area contributed by atoms with Gasteiger partial charge in [-0.05, 0) is 43.0 Å². The SMILES string of the molecule is Cc1occc1C(N)CCc1ccc2c(c1)CCO2. The molecule has 3 nitrogen and oxygen atoms in total. The normalized spacial score (nSPS) is 15.1. The van der Waals surface area contributed by atoms with E-state index in [1.165, 1.54) is 11.1 Å². The molecule has 1 aliphatic heterocycles. The summed E-state index contributed by atoms with van der Waals surface area (Å²) in [4.78, 5) is 0. The first kappa shape index (κ1) is 12.3. The topological polar surface area (TPSA) is 48.4 Å². The zero-order valence-electron chi connectivity index (χ0n) is 11.2. The first-order valence-electron chi connectivity index (χ1n) is 6.78. The van der Waals surface area contributed by atoms with Gasteiger partial charge in [-0.15, -0.1) is 0 Å². The Morgan fingerprint density at radius 3 is 3.00 bits per heavy atom. The third-order valence-corrected chi connectivity index (χ3v) is 3.80. The quantitative estimate of drug-likeness (QED) is 0.915. The molecule has 0 spiro atoms. The molecule has 0 saturated carbocycles. The maximum atomic E-state index is 6.22. The van der Waals surface area contributed by atoms with E-state index in [1.54, 1.807) is 6.26 Å². The molecule has 0 radical (unpaired) electrons. The van der Waals surface area contributed by atoms with Gasteiger partial charge in [0.15, 0.2) is 0 Å². The summed E-state index contributed by atoms with van der Waals surface area (Å²) in [5.74, 6) is 1.97. The highest BCUT2D eigenvalue weighted by Gasteiger charge is 2.14. The molecular formula is C16H19NO2. The van der Waals surface area contributed by atoms with Crippen LogP contribution in [0.5, 0.6) is 5.75 Å². The molecule has 0 saturated heterocycles. The largest absolute Gasteiger partial charge is 0.493 e. The second-order valence-electron chi connectivity index (χ2n) is 5.12. The number of ether oxygens (including phenoxy) is 1. The number of hydrogen-bond donors (Lipinski definition) is 1. The molecule has 0 aliphatic carbocycles. The summed E-state index contributed by atoms with van der Waals surface area (Å²) >= 11 is 0. The van der Waals surface area contributed by atoms with Crippen LogP contribution < -0.4 is 10.5 Å². The van der Waals surface area contributed by atoms with Gasteiger partial charge in [0.1, 0.15) is 11.5 Å². The third kappa shape index (κ3) is 2.51. The number of fused-ring (bicyclic) bond motifs is 1. The standard InChI is InChI=1S/C16H19NO2/c1-11-14(7-9-18-11)15(17)4-2-12-3-5-16-13(10-12)6-8-19-16/h3,5,7,9-10,15H,2,4,6,8,17H2,1H3. The highest BCUT2D eigenvalue weighted by molar-refractivity contribution is 5.39. The van der Waals surface area contributed by atoms with E-state index in [2.05, 4.69) is 18.2 Å². The fourth-order valence-electron chi connectivity index (χ4n) is 2.65.